The molecule has 1 aromatic heterocycles. The molecule has 0 spiro atoms. The number of nitrogens with zero attached hydrogens (tertiary/aromatic N) is 1. The molecule has 25 heavy (non-hydrogen) atoms. The van der Waals surface area contributed by atoms with E-state index < -0.39 is 17.8 Å². The van der Waals surface area contributed by atoms with Crippen LogP contribution in [-0.4, -0.2) is 22.0 Å². The van der Waals surface area contributed by atoms with Crippen LogP contribution < -0.4 is 5.32 Å². The van der Waals surface area contributed by atoms with E-state index in [0.29, 0.717) is 18.0 Å². The smallest absolute Gasteiger partial charge is 0.307 e. The molecule has 5 nitrogen and oxygen atoms in total. The molecule has 1 aliphatic carbocycles. The van der Waals surface area contributed by atoms with E-state index in [0.717, 1.165) is 35.4 Å². The maximum Gasteiger partial charge on any atom is 0.307 e. The maximum absolute atomic E-state index is 12.6. The lowest BCUT2D eigenvalue weighted by Crippen LogP contribution is -2.36. The number of hydrogen-bond donors (Lipinski definition) is 2. The molecule has 1 fully saturated rings. The van der Waals surface area contributed by atoms with E-state index in [1.165, 1.54) is 11.3 Å². The molecule has 2 unspecified atom stereocenters. The average molecular weight is 358 g/mol. The van der Waals surface area contributed by atoms with E-state index >= 15 is 0 Å². The van der Waals surface area contributed by atoms with Gasteiger partial charge in [0, 0.05) is 10.4 Å². The number of amides is 1. The fourth-order valence-corrected chi connectivity index (χ4v) is 4.33. The third kappa shape index (κ3) is 3.90. The van der Waals surface area contributed by atoms with Crippen molar-refractivity contribution < 1.29 is 14.7 Å². The summed E-state index contributed by atoms with van der Waals surface area (Å²) in [6.07, 6.45) is 3.80. The number of carboxylic acid groups (broad SMARTS) is 1. The highest BCUT2D eigenvalue weighted by atomic mass is 32.1. The van der Waals surface area contributed by atoms with Gasteiger partial charge < -0.3 is 10.4 Å². The van der Waals surface area contributed by atoms with Crippen molar-refractivity contribution in [3.05, 3.63) is 35.2 Å². The van der Waals surface area contributed by atoms with Gasteiger partial charge in [0.2, 0.25) is 5.91 Å². The Balaban J connectivity index is 1.80. The minimum Gasteiger partial charge on any atom is -0.481 e. The van der Waals surface area contributed by atoms with Crippen molar-refractivity contribution in [2.45, 2.75) is 39.0 Å². The first-order valence-corrected chi connectivity index (χ1v) is 9.50. The Hall–Kier alpha value is -2.21. The number of carbonyl (C=O) groups is 2. The number of benzene rings is 1. The van der Waals surface area contributed by atoms with Gasteiger partial charge >= 0.3 is 5.97 Å². The van der Waals surface area contributed by atoms with Crippen LogP contribution in [0.1, 0.15) is 37.5 Å². The average Bonchev–Trinajstić information content (AvgIpc) is 3.05. The Labute approximate surface area is 151 Å². The van der Waals surface area contributed by atoms with Crippen molar-refractivity contribution in [2.24, 2.45) is 11.8 Å². The Morgan fingerprint density at radius 3 is 2.52 bits per heavy atom. The van der Waals surface area contributed by atoms with E-state index in [2.05, 4.69) is 17.2 Å². The Morgan fingerprint density at radius 2 is 1.88 bits per heavy atom. The molecule has 0 radical (unpaired) electrons. The van der Waals surface area contributed by atoms with Gasteiger partial charge in [-0.25, -0.2) is 4.98 Å². The lowest BCUT2D eigenvalue weighted by atomic mass is 9.79. The number of aryl methyl sites for hydroxylation is 1. The number of nitrogens with one attached hydrogen (secondary N) is 1. The molecular weight excluding hydrogens is 336 g/mol. The van der Waals surface area contributed by atoms with Crippen molar-refractivity contribution in [1.29, 1.82) is 0 Å². The molecule has 1 aromatic carbocycles. The lowest BCUT2D eigenvalue weighted by Gasteiger charge is -2.26. The molecule has 3 rings (SSSR count). The summed E-state index contributed by atoms with van der Waals surface area (Å²) < 4.78 is 0. The first-order chi connectivity index (χ1) is 12.1. The molecule has 0 bridgehead atoms. The number of hydrogen-bond acceptors (Lipinski definition) is 4. The Bertz CT molecular complexity index is 757. The summed E-state index contributed by atoms with van der Waals surface area (Å²) in [5, 5.41) is 12.8. The topological polar surface area (TPSA) is 79.3 Å². The van der Waals surface area contributed by atoms with E-state index in [1.54, 1.807) is 0 Å². The van der Waals surface area contributed by atoms with E-state index in [1.807, 2.05) is 30.3 Å². The second kappa shape index (κ2) is 7.78. The van der Waals surface area contributed by atoms with Crippen LogP contribution in [0, 0.1) is 11.8 Å². The van der Waals surface area contributed by atoms with E-state index in [-0.39, 0.29) is 5.91 Å². The van der Waals surface area contributed by atoms with Gasteiger partial charge in [-0.1, -0.05) is 50.1 Å². The fourth-order valence-electron chi connectivity index (χ4n) is 3.40. The minimum absolute atomic E-state index is 0.219. The number of rotatable bonds is 5. The number of carboxylic acids is 1. The molecule has 1 amide bonds. The van der Waals surface area contributed by atoms with Crippen LogP contribution in [-0.2, 0) is 16.0 Å². The van der Waals surface area contributed by atoms with Gasteiger partial charge in [0.15, 0.2) is 5.13 Å². The van der Waals surface area contributed by atoms with Crippen molar-refractivity contribution in [3.8, 4) is 11.3 Å². The van der Waals surface area contributed by atoms with Gasteiger partial charge in [-0.15, -0.1) is 11.3 Å². The summed E-state index contributed by atoms with van der Waals surface area (Å²) in [4.78, 5) is 29.7. The van der Waals surface area contributed by atoms with Gasteiger partial charge in [-0.3, -0.25) is 9.59 Å². The van der Waals surface area contributed by atoms with Crippen LogP contribution in [0.4, 0.5) is 5.13 Å². The summed E-state index contributed by atoms with van der Waals surface area (Å²) in [7, 11) is 0. The van der Waals surface area contributed by atoms with Crippen LogP contribution >= 0.6 is 11.3 Å². The van der Waals surface area contributed by atoms with Gasteiger partial charge in [0.25, 0.3) is 0 Å². The van der Waals surface area contributed by atoms with Gasteiger partial charge in [0.05, 0.1) is 17.5 Å². The Kier molecular flexibility index (Phi) is 5.48. The second-order valence-corrected chi connectivity index (χ2v) is 7.42. The molecule has 1 saturated carbocycles. The highest BCUT2D eigenvalue weighted by Gasteiger charge is 2.36. The third-order valence-corrected chi connectivity index (χ3v) is 5.83. The molecule has 2 aromatic rings. The number of anilines is 1. The fraction of sp³-hybridized carbons (Fsp3) is 0.421. The molecule has 0 aliphatic heterocycles. The summed E-state index contributed by atoms with van der Waals surface area (Å²) in [5.41, 5.74) is 1.92. The molecule has 6 heteroatoms. The van der Waals surface area contributed by atoms with Crippen molar-refractivity contribution in [2.75, 3.05) is 5.32 Å². The standard InChI is InChI=1S/C19H22N2O3S/c1-2-15-16(12-8-4-3-5-9-12)20-19(25-15)21-17(22)13-10-6-7-11-14(13)18(23)24/h3-5,8-9,13-14H,2,6-7,10-11H2,1H3,(H,23,24)(H,20,21,22). The number of aliphatic carboxylic acids is 1. The maximum atomic E-state index is 12.6. The number of carbonyl (C=O) groups excluding carboxylic acids is 1. The first kappa shape index (κ1) is 17.6. The van der Waals surface area contributed by atoms with Crippen LogP contribution in [0.25, 0.3) is 11.3 Å². The van der Waals surface area contributed by atoms with Gasteiger partial charge in [-0.2, -0.15) is 0 Å². The predicted molar refractivity (Wildman–Crippen MR) is 98.6 cm³/mol. The van der Waals surface area contributed by atoms with Crippen LogP contribution in [0.3, 0.4) is 0 Å². The summed E-state index contributed by atoms with van der Waals surface area (Å²) >= 11 is 1.47. The van der Waals surface area contributed by atoms with Crippen molar-refractivity contribution >= 4 is 28.3 Å². The Morgan fingerprint density at radius 1 is 1.20 bits per heavy atom. The molecule has 0 saturated heterocycles. The SMILES string of the molecule is CCc1sc(NC(=O)C2CCCCC2C(=O)O)nc1-c1ccccc1. The normalized spacial score (nSPS) is 20.2. The monoisotopic (exact) mass is 358 g/mol. The van der Waals surface area contributed by atoms with Gasteiger partial charge in [-0.05, 0) is 19.3 Å². The third-order valence-electron chi connectivity index (χ3n) is 4.72. The zero-order valence-electron chi connectivity index (χ0n) is 14.2. The molecule has 2 N–H and O–H groups in total. The van der Waals surface area contributed by atoms with Crippen LogP contribution in [0.5, 0.6) is 0 Å². The molecule has 2 atom stereocenters. The van der Waals surface area contributed by atoms with Crippen molar-refractivity contribution in [3.63, 3.8) is 0 Å². The van der Waals surface area contributed by atoms with Crippen LogP contribution in [0.2, 0.25) is 0 Å². The molecular formula is C19H22N2O3S. The first-order valence-electron chi connectivity index (χ1n) is 8.69. The van der Waals surface area contributed by atoms with Crippen LogP contribution in [0.15, 0.2) is 30.3 Å². The lowest BCUT2D eigenvalue weighted by molar-refractivity contribution is -0.147. The summed E-state index contributed by atoms with van der Waals surface area (Å²) in [5.74, 6) is -2.16. The quantitative estimate of drug-likeness (QED) is 0.839. The largest absolute Gasteiger partial charge is 0.481 e. The highest BCUT2D eigenvalue weighted by molar-refractivity contribution is 7.16. The van der Waals surface area contributed by atoms with E-state index in [9.17, 15) is 14.7 Å². The van der Waals surface area contributed by atoms with E-state index in [4.69, 9.17) is 0 Å². The van der Waals surface area contributed by atoms with Crippen molar-refractivity contribution in [1.82, 2.24) is 4.98 Å². The number of aromatic nitrogens is 1. The molecule has 1 heterocycles. The molecule has 132 valence electrons. The zero-order chi connectivity index (χ0) is 17.8. The molecule has 1 aliphatic rings. The summed E-state index contributed by atoms with van der Waals surface area (Å²) in [6, 6.07) is 9.89. The second-order valence-electron chi connectivity index (χ2n) is 6.34. The highest BCUT2D eigenvalue weighted by Crippen LogP contribution is 2.34. The number of thiazole rings is 1. The van der Waals surface area contributed by atoms with Gasteiger partial charge in [0.1, 0.15) is 0 Å². The zero-order valence-corrected chi connectivity index (χ0v) is 15.0. The summed E-state index contributed by atoms with van der Waals surface area (Å²) in [6.45, 7) is 2.06. The predicted octanol–water partition coefficient (Wildman–Crippen LogP) is 4.20. The minimum atomic E-state index is -0.877.